The topological polar surface area (TPSA) is 53.0 Å². The SMILES string of the molecule is O=C(OCc1ccccc1)N1C[C@@H](O)[C@H](N(Cc2ccc(Cl)cc2)Cc2ccccc2Cl)C1. The van der Waals surface area contributed by atoms with Gasteiger partial charge in [0.05, 0.1) is 18.7 Å². The number of ether oxygens (including phenoxy) is 1. The summed E-state index contributed by atoms with van der Waals surface area (Å²) in [7, 11) is 0. The lowest BCUT2D eigenvalue weighted by molar-refractivity contribution is 0.0728. The number of halogens is 2. The van der Waals surface area contributed by atoms with E-state index in [4.69, 9.17) is 27.9 Å². The molecule has 0 bridgehead atoms. The van der Waals surface area contributed by atoms with Crippen LogP contribution in [-0.2, 0) is 24.4 Å². The predicted molar refractivity (Wildman–Crippen MR) is 130 cm³/mol. The molecule has 1 aliphatic heterocycles. The molecule has 0 spiro atoms. The van der Waals surface area contributed by atoms with Crippen LogP contribution in [0.5, 0.6) is 0 Å². The molecule has 1 heterocycles. The largest absolute Gasteiger partial charge is 0.445 e. The third-order valence-electron chi connectivity index (χ3n) is 5.82. The van der Waals surface area contributed by atoms with Crippen LogP contribution < -0.4 is 0 Å². The van der Waals surface area contributed by atoms with Crippen molar-refractivity contribution in [2.75, 3.05) is 13.1 Å². The molecule has 1 fully saturated rings. The maximum absolute atomic E-state index is 12.7. The fourth-order valence-electron chi connectivity index (χ4n) is 4.05. The van der Waals surface area contributed by atoms with Gasteiger partial charge in [0.1, 0.15) is 6.61 Å². The number of aliphatic hydroxyl groups excluding tert-OH is 1. The number of hydrogen-bond donors (Lipinski definition) is 1. The van der Waals surface area contributed by atoms with Crippen molar-refractivity contribution in [3.8, 4) is 0 Å². The first kappa shape index (κ1) is 23.6. The molecular formula is C26H26Cl2N2O3. The minimum atomic E-state index is -0.705. The standard InChI is InChI=1S/C26H26Cl2N2O3/c27-22-12-10-19(11-13-22)14-29(15-21-8-4-5-9-23(21)28)24-16-30(17-25(24)31)26(32)33-18-20-6-2-1-3-7-20/h1-13,24-25,31H,14-18H2/t24-,25-/m1/s1. The van der Waals surface area contributed by atoms with Crippen molar-refractivity contribution in [2.45, 2.75) is 31.8 Å². The second-order valence-corrected chi connectivity index (χ2v) is 9.05. The van der Waals surface area contributed by atoms with Gasteiger partial charge in [0.2, 0.25) is 0 Å². The molecule has 1 saturated heterocycles. The van der Waals surface area contributed by atoms with Gasteiger partial charge < -0.3 is 14.7 Å². The van der Waals surface area contributed by atoms with Crippen LogP contribution in [0.3, 0.4) is 0 Å². The molecule has 0 aromatic heterocycles. The van der Waals surface area contributed by atoms with Crippen LogP contribution >= 0.6 is 23.2 Å². The van der Waals surface area contributed by atoms with E-state index in [1.165, 1.54) is 0 Å². The lowest BCUT2D eigenvalue weighted by Crippen LogP contribution is -2.42. The van der Waals surface area contributed by atoms with Crippen LogP contribution in [0.15, 0.2) is 78.9 Å². The quantitative estimate of drug-likeness (QED) is 0.489. The van der Waals surface area contributed by atoms with Gasteiger partial charge in [0.25, 0.3) is 0 Å². The summed E-state index contributed by atoms with van der Waals surface area (Å²) in [6.07, 6.45) is -1.13. The Labute approximate surface area is 204 Å². The van der Waals surface area contributed by atoms with E-state index in [1.54, 1.807) is 4.90 Å². The highest BCUT2D eigenvalue weighted by molar-refractivity contribution is 6.31. The van der Waals surface area contributed by atoms with Crippen molar-refractivity contribution in [1.82, 2.24) is 9.80 Å². The summed E-state index contributed by atoms with van der Waals surface area (Å²) in [5.74, 6) is 0. The Balaban J connectivity index is 1.47. The highest BCUT2D eigenvalue weighted by Crippen LogP contribution is 2.25. The molecule has 1 N–H and O–H groups in total. The van der Waals surface area contributed by atoms with Crippen molar-refractivity contribution in [3.05, 3.63) is 106 Å². The Bertz CT molecular complexity index is 1060. The van der Waals surface area contributed by atoms with Crippen molar-refractivity contribution in [3.63, 3.8) is 0 Å². The van der Waals surface area contributed by atoms with Gasteiger partial charge in [-0.2, -0.15) is 0 Å². The molecule has 1 amide bonds. The van der Waals surface area contributed by atoms with E-state index in [1.807, 2.05) is 78.9 Å². The van der Waals surface area contributed by atoms with Gasteiger partial charge in [-0.25, -0.2) is 4.79 Å². The lowest BCUT2D eigenvalue weighted by Gasteiger charge is -2.31. The second kappa shape index (κ2) is 11.0. The molecule has 1 aliphatic rings. The average molecular weight is 485 g/mol. The van der Waals surface area contributed by atoms with Crippen molar-refractivity contribution < 1.29 is 14.6 Å². The first-order chi connectivity index (χ1) is 16.0. The summed E-state index contributed by atoms with van der Waals surface area (Å²) < 4.78 is 5.48. The summed E-state index contributed by atoms with van der Waals surface area (Å²) in [6, 6.07) is 24.6. The maximum atomic E-state index is 12.7. The van der Waals surface area contributed by atoms with E-state index >= 15 is 0 Å². The van der Waals surface area contributed by atoms with Gasteiger partial charge >= 0.3 is 6.09 Å². The number of likely N-dealkylation sites (tertiary alicyclic amines) is 1. The fraction of sp³-hybridized carbons (Fsp3) is 0.269. The zero-order chi connectivity index (χ0) is 23.2. The Kier molecular flexibility index (Phi) is 7.89. The van der Waals surface area contributed by atoms with E-state index < -0.39 is 12.2 Å². The Morgan fingerprint density at radius 3 is 2.33 bits per heavy atom. The van der Waals surface area contributed by atoms with E-state index in [0.717, 1.165) is 16.7 Å². The van der Waals surface area contributed by atoms with Crippen molar-refractivity contribution in [1.29, 1.82) is 0 Å². The summed E-state index contributed by atoms with van der Waals surface area (Å²) >= 11 is 12.5. The molecule has 33 heavy (non-hydrogen) atoms. The molecule has 172 valence electrons. The van der Waals surface area contributed by atoms with E-state index in [-0.39, 0.29) is 19.2 Å². The number of aliphatic hydroxyl groups is 1. The van der Waals surface area contributed by atoms with Crippen LogP contribution in [0.25, 0.3) is 0 Å². The number of carbonyl (C=O) groups is 1. The molecule has 5 nitrogen and oxygen atoms in total. The number of hydrogen-bond acceptors (Lipinski definition) is 4. The number of benzene rings is 3. The highest BCUT2D eigenvalue weighted by atomic mass is 35.5. The fourth-order valence-corrected chi connectivity index (χ4v) is 4.37. The van der Waals surface area contributed by atoms with Crippen LogP contribution in [0.4, 0.5) is 4.79 Å². The molecule has 0 unspecified atom stereocenters. The molecule has 0 radical (unpaired) electrons. The van der Waals surface area contributed by atoms with Gasteiger partial charge in [-0.3, -0.25) is 4.90 Å². The van der Waals surface area contributed by atoms with Gasteiger partial charge in [0, 0.05) is 29.7 Å². The van der Waals surface area contributed by atoms with Gasteiger partial charge in [-0.15, -0.1) is 0 Å². The lowest BCUT2D eigenvalue weighted by atomic mass is 10.1. The van der Waals surface area contributed by atoms with Crippen molar-refractivity contribution in [2.24, 2.45) is 0 Å². The first-order valence-corrected chi connectivity index (χ1v) is 11.6. The molecular weight excluding hydrogens is 459 g/mol. The van der Waals surface area contributed by atoms with Crippen molar-refractivity contribution >= 4 is 29.3 Å². The molecule has 7 heteroatoms. The van der Waals surface area contributed by atoms with E-state index in [2.05, 4.69) is 4.90 Å². The Morgan fingerprint density at radius 2 is 1.61 bits per heavy atom. The van der Waals surface area contributed by atoms with Gasteiger partial charge in [-0.05, 0) is 34.9 Å². The summed E-state index contributed by atoms with van der Waals surface area (Å²) in [6.45, 7) is 1.91. The highest BCUT2D eigenvalue weighted by Gasteiger charge is 2.38. The minimum Gasteiger partial charge on any atom is -0.445 e. The van der Waals surface area contributed by atoms with Crippen LogP contribution in [-0.4, -0.2) is 46.2 Å². The first-order valence-electron chi connectivity index (χ1n) is 10.8. The normalized spacial score (nSPS) is 18.0. The average Bonchev–Trinajstić information content (AvgIpc) is 3.22. The zero-order valence-electron chi connectivity index (χ0n) is 18.1. The number of β-amino-alcohol motifs (C(OH)–C–C–N with tert-alkyl or cyclic N) is 1. The maximum Gasteiger partial charge on any atom is 0.410 e. The summed E-state index contributed by atoms with van der Waals surface area (Å²) in [4.78, 5) is 16.4. The second-order valence-electron chi connectivity index (χ2n) is 8.20. The summed E-state index contributed by atoms with van der Waals surface area (Å²) in [5.41, 5.74) is 2.94. The van der Waals surface area contributed by atoms with Crippen LogP contribution in [0.1, 0.15) is 16.7 Å². The smallest absolute Gasteiger partial charge is 0.410 e. The van der Waals surface area contributed by atoms with Gasteiger partial charge in [0.15, 0.2) is 0 Å². The van der Waals surface area contributed by atoms with Gasteiger partial charge in [-0.1, -0.05) is 83.9 Å². The monoisotopic (exact) mass is 484 g/mol. The van der Waals surface area contributed by atoms with Crippen LogP contribution in [0, 0.1) is 0 Å². The Morgan fingerprint density at radius 1 is 0.909 bits per heavy atom. The zero-order valence-corrected chi connectivity index (χ0v) is 19.6. The molecule has 0 saturated carbocycles. The predicted octanol–water partition coefficient (Wildman–Crippen LogP) is 5.38. The molecule has 4 rings (SSSR count). The van der Waals surface area contributed by atoms with E-state index in [9.17, 15) is 9.90 Å². The molecule has 3 aromatic rings. The molecule has 2 atom stereocenters. The number of nitrogens with zero attached hydrogens (tertiary/aromatic N) is 2. The molecule has 0 aliphatic carbocycles. The Hall–Kier alpha value is -2.57. The van der Waals surface area contributed by atoms with E-state index in [0.29, 0.717) is 29.7 Å². The van der Waals surface area contributed by atoms with Crippen LogP contribution in [0.2, 0.25) is 10.0 Å². The molecule has 3 aromatic carbocycles. The minimum absolute atomic E-state index is 0.199. The third-order valence-corrected chi connectivity index (χ3v) is 6.44. The third kappa shape index (κ3) is 6.27. The number of carbonyl (C=O) groups excluding carboxylic acids is 1. The number of amides is 1. The number of rotatable bonds is 7. The summed E-state index contributed by atoms with van der Waals surface area (Å²) in [5, 5.41) is 12.2.